The summed E-state index contributed by atoms with van der Waals surface area (Å²) in [5, 5.41) is 4.06. The van der Waals surface area contributed by atoms with Gasteiger partial charge in [0.2, 0.25) is 0 Å². The minimum atomic E-state index is 0.335. The Balaban J connectivity index is 2.53. The third kappa shape index (κ3) is 5.79. The van der Waals surface area contributed by atoms with Crippen LogP contribution in [-0.4, -0.2) is 11.0 Å². The fraction of sp³-hybridized carbons (Fsp3) is 0.533. The number of hydrogen-bond acceptors (Lipinski definition) is 2. The van der Waals surface area contributed by atoms with E-state index in [0.29, 0.717) is 16.1 Å². The summed E-state index contributed by atoms with van der Waals surface area (Å²) in [5.74, 6) is 0.770. The average Bonchev–Trinajstić information content (AvgIpc) is 2.27. The molecule has 0 aliphatic carbocycles. The lowest BCUT2D eigenvalue weighted by Crippen LogP contribution is -2.16. The summed E-state index contributed by atoms with van der Waals surface area (Å²) in [6.45, 7) is 6.70. The van der Waals surface area contributed by atoms with Gasteiger partial charge in [0.05, 0.1) is 5.02 Å². The number of nitrogens with one attached hydrogen (secondary N) is 1. The van der Waals surface area contributed by atoms with Crippen molar-refractivity contribution < 1.29 is 0 Å². The van der Waals surface area contributed by atoms with Crippen LogP contribution in [0.5, 0.6) is 0 Å². The molecule has 0 heterocycles. The lowest BCUT2D eigenvalue weighted by atomic mass is 10.0. The van der Waals surface area contributed by atoms with Gasteiger partial charge in [-0.2, -0.15) is 0 Å². The van der Waals surface area contributed by atoms with Gasteiger partial charge in [-0.3, -0.25) is 0 Å². The van der Waals surface area contributed by atoms with Crippen LogP contribution in [0.1, 0.15) is 45.6 Å². The molecule has 0 aliphatic heterocycles. The minimum Gasteiger partial charge on any atom is -0.389 e. The Bertz CT molecular complexity index is 432. The Morgan fingerprint density at radius 3 is 2.53 bits per heavy atom. The van der Waals surface area contributed by atoms with E-state index in [1.165, 1.54) is 12.8 Å². The number of hydrogen-bond donors (Lipinski definition) is 2. The first-order valence-electron chi connectivity index (χ1n) is 6.76. The van der Waals surface area contributed by atoms with Gasteiger partial charge in [0.15, 0.2) is 0 Å². The zero-order chi connectivity index (χ0) is 14.4. The van der Waals surface area contributed by atoms with Gasteiger partial charge < -0.3 is 11.1 Å². The van der Waals surface area contributed by atoms with E-state index in [1.54, 1.807) is 0 Å². The SMILES string of the molecule is CC(C)CCCC(C)Nc1ccc(C(N)=S)c(Cl)c1. The molecule has 1 atom stereocenters. The van der Waals surface area contributed by atoms with E-state index < -0.39 is 0 Å². The molecule has 2 nitrogen and oxygen atoms in total. The molecule has 4 heteroatoms. The molecule has 0 bridgehead atoms. The molecule has 1 aromatic carbocycles. The molecular weight excluding hydrogens is 276 g/mol. The largest absolute Gasteiger partial charge is 0.389 e. The summed E-state index contributed by atoms with van der Waals surface area (Å²) in [6, 6.07) is 6.16. The number of rotatable bonds is 7. The Hall–Kier alpha value is -0.800. The van der Waals surface area contributed by atoms with E-state index in [9.17, 15) is 0 Å². The Labute approximate surface area is 126 Å². The van der Waals surface area contributed by atoms with Gasteiger partial charge in [-0.25, -0.2) is 0 Å². The smallest absolute Gasteiger partial charge is 0.105 e. The summed E-state index contributed by atoms with van der Waals surface area (Å²) < 4.78 is 0. The highest BCUT2D eigenvalue weighted by atomic mass is 35.5. The monoisotopic (exact) mass is 298 g/mol. The van der Waals surface area contributed by atoms with Crippen molar-refractivity contribution in [2.45, 2.75) is 46.1 Å². The third-order valence-corrected chi connectivity index (χ3v) is 3.60. The highest BCUT2D eigenvalue weighted by Crippen LogP contribution is 2.22. The summed E-state index contributed by atoms with van der Waals surface area (Å²) in [7, 11) is 0. The first kappa shape index (κ1) is 16.3. The van der Waals surface area contributed by atoms with Gasteiger partial charge in [0.25, 0.3) is 0 Å². The van der Waals surface area contributed by atoms with Gasteiger partial charge in [-0.05, 0) is 37.5 Å². The van der Waals surface area contributed by atoms with E-state index in [4.69, 9.17) is 29.6 Å². The van der Waals surface area contributed by atoms with Gasteiger partial charge in [-0.1, -0.05) is 50.5 Å². The lowest BCUT2D eigenvalue weighted by molar-refractivity contribution is 0.520. The first-order chi connectivity index (χ1) is 8.90. The summed E-state index contributed by atoms with van der Waals surface area (Å²) in [6.07, 6.45) is 3.67. The van der Waals surface area contributed by atoms with Crippen molar-refractivity contribution in [1.29, 1.82) is 0 Å². The highest BCUT2D eigenvalue weighted by molar-refractivity contribution is 7.80. The standard InChI is InChI=1S/C15H23ClN2S/c1-10(2)5-4-6-11(3)18-12-7-8-13(15(17)19)14(16)9-12/h7-11,18H,4-6H2,1-3H3,(H2,17,19). The molecule has 0 fully saturated rings. The second kappa shape index (κ2) is 7.71. The Morgan fingerprint density at radius 1 is 1.32 bits per heavy atom. The third-order valence-electron chi connectivity index (χ3n) is 3.07. The van der Waals surface area contributed by atoms with Crippen molar-refractivity contribution in [2.75, 3.05) is 5.32 Å². The molecule has 3 N–H and O–H groups in total. The predicted octanol–water partition coefficient (Wildman–Crippen LogP) is 4.60. The maximum absolute atomic E-state index is 6.15. The molecule has 19 heavy (non-hydrogen) atoms. The molecule has 1 rings (SSSR count). The predicted molar refractivity (Wildman–Crippen MR) is 89.1 cm³/mol. The molecule has 0 saturated heterocycles. The Kier molecular flexibility index (Phi) is 6.59. The average molecular weight is 299 g/mol. The molecule has 0 amide bonds. The number of benzene rings is 1. The van der Waals surface area contributed by atoms with Crippen molar-refractivity contribution in [3.8, 4) is 0 Å². The van der Waals surface area contributed by atoms with E-state index >= 15 is 0 Å². The molecule has 0 spiro atoms. The molecule has 0 aliphatic rings. The van der Waals surface area contributed by atoms with Crippen molar-refractivity contribution in [3.05, 3.63) is 28.8 Å². The van der Waals surface area contributed by atoms with Crippen LogP contribution in [0.4, 0.5) is 5.69 Å². The lowest BCUT2D eigenvalue weighted by Gasteiger charge is -2.16. The number of thiocarbonyl (C=S) groups is 1. The summed E-state index contributed by atoms with van der Waals surface area (Å²) >= 11 is 11.1. The molecule has 1 unspecified atom stereocenters. The highest BCUT2D eigenvalue weighted by Gasteiger charge is 2.07. The summed E-state index contributed by atoms with van der Waals surface area (Å²) in [4.78, 5) is 0.335. The molecule has 0 aromatic heterocycles. The second-order valence-electron chi connectivity index (χ2n) is 5.43. The van der Waals surface area contributed by atoms with Gasteiger partial charge >= 0.3 is 0 Å². The van der Waals surface area contributed by atoms with Crippen molar-refractivity contribution in [3.63, 3.8) is 0 Å². The zero-order valence-corrected chi connectivity index (χ0v) is 13.4. The molecule has 0 saturated carbocycles. The van der Waals surface area contributed by atoms with Gasteiger partial charge in [0.1, 0.15) is 4.99 Å². The van der Waals surface area contributed by atoms with Crippen LogP contribution in [0.25, 0.3) is 0 Å². The van der Waals surface area contributed by atoms with E-state index in [2.05, 4.69) is 26.1 Å². The van der Waals surface area contributed by atoms with Gasteiger partial charge in [-0.15, -0.1) is 0 Å². The van der Waals surface area contributed by atoms with Crippen molar-refractivity contribution >= 4 is 34.5 Å². The number of anilines is 1. The van der Waals surface area contributed by atoms with Crippen molar-refractivity contribution in [1.82, 2.24) is 0 Å². The maximum Gasteiger partial charge on any atom is 0.105 e. The minimum absolute atomic E-state index is 0.335. The normalized spacial score (nSPS) is 12.5. The fourth-order valence-corrected chi connectivity index (χ4v) is 2.51. The summed E-state index contributed by atoms with van der Waals surface area (Å²) in [5.41, 5.74) is 7.33. The molecule has 106 valence electrons. The zero-order valence-electron chi connectivity index (χ0n) is 11.9. The van der Waals surface area contributed by atoms with Crippen LogP contribution in [0, 0.1) is 5.92 Å². The van der Waals surface area contributed by atoms with Crippen LogP contribution >= 0.6 is 23.8 Å². The topological polar surface area (TPSA) is 38.0 Å². The van der Waals surface area contributed by atoms with Crippen LogP contribution in [0.3, 0.4) is 0 Å². The van der Waals surface area contributed by atoms with Crippen LogP contribution in [0.15, 0.2) is 18.2 Å². The van der Waals surface area contributed by atoms with Crippen LogP contribution < -0.4 is 11.1 Å². The first-order valence-corrected chi connectivity index (χ1v) is 7.54. The maximum atomic E-state index is 6.15. The molecule has 1 aromatic rings. The van der Waals surface area contributed by atoms with E-state index in [0.717, 1.165) is 23.6 Å². The van der Waals surface area contributed by atoms with Gasteiger partial charge in [0, 0.05) is 17.3 Å². The number of halogens is 1. The fourth-order valence-electron chi connectivity index (χ4n) is 1.99. The molecular formula is C15H23ClN2S. The van der Waals surface area contributed by atoms with Crippen LogP contribution in [-0.2, 0) is 0 Å². The van der Waals surface area contributed by atoms with E-state index in [1.807, 2.05) is 18.2 Å². The second-order valence-corrected chi connectivity index (χ2v) is 6.28. The number of nitrogens with two attached hydrogens (primary N) is 1. The quantitative estimate of drug-likeness (QED) is 0.722. The van der Waals surface area contributed by atoms with Crippen molar-refractivity contribution in [2.24, 2.45) is 11.7 Å². The molecule has 0 radical (unpaired) electrons. The Morgan fingerprint density at radius 2 is 2.00 bits per heavy atom. The van der Waals surface area contributed by atoms with E-state index in [-0.39, 0.29) is 0 Å². The van der Waals surface area contributed by atoms with Crippen LogP contribution in [0.2, 0.25) is 5.02 Å².